The highest BCUT2D eigenvalue weighted by Gasteiger charge is 2.09. The Morgan fingerprint density at radius 2 is 2.00 bits per heavy atom. The number of aliphatic hydroxyl groups excluding tert-OH is 1. The second kappa shape index (κ2) is 5.03. The third kappa shape index (κ3) is 2.48. The van der Waals surface area contributed by atoms with Crippen molar-refractivity contribution in [3.8, 4) is 10.6 Å². The summed E-state index contributed by atoms with van der Waals surface area (Å²) in [5.74, 6) is -0.255. The lowest BCUT2D eigenvalue weighted by Gasteiger charge is -1.94. The smallest absolute Gasteiger partial charge is 0.124 e. The molecule has 84 valence electrons. The van der Waals surface area contributed by atoms with Gasteiger partial charge in [0, 0.05) is 23.5 Å². The van der Waals surface area contributed by atoms with Crippen molar-refractivity contribution in [3.63, 3.8) is 0 Å². The van der Waals surface area contributed by atoms with Crippen molar-refractivity contribution in [1.29, 1.82) is 0 Å². The van der Waals surface area contributed by atoms with Crippen molar-refractivity contribution in [2.75, 3.05) is 6.61 Å². The average molecular weight is 302 g/mol. The van der Waals surface area contributed by atoms with Crippen LogP contribution in [-0.4, -0.2) is 16.7 Å². The zero-order valence-corrected chi connectivity index (χ0v) is 10.7. The first-order valence-corrected chi connectivity index (χ1v) is 6.33. The molecule has 0 bridgehead atoms. The van der Waals surface area contributed by atoms with Gasteiger partial charge in [-0.25, -0.2) is 9.37 Å². The molecule has 0 aliphatic heterocycles. The summed E-state index contributed by atoms with van der Waals surface area (Å²) in [6.07, 6.45) is 0.583. The molecule has 0 amide bonds. The monoisotopic (exact) mass is 301 g/mol. The van der Waals surface area contributed by atoms with E-state index in [4.69, 9.17) is 5.11 Å². The van der Waals surface area contributed by atoms with Crippen molar-refractivity contribution in [3.05, 3.63) is 39.6 Å². The van der Waals surface area contributed by atoms with E-state index in [0.29, 0.717) is 6.42 Å². The maximum atomic E-state index is 12.7. The van der Waals surface area contributed by atoms with Gasteiger partial charge in [-0.3, -0.25) is 0 Å². The summed E-state index contributed by atoms with van der Waals surface area (Å²) >= 11 is 4.85. The maximum absolute atomic E-state index is 12.7. The van der Waals surface area contributed by atoms with Gasteiger partial charge in [-0.1, -0.05) is 0 Å². The van der Waals surface area contributed by atoms with E-state index in [-0.39, 0.29) is 12.4 Å². The molecule has 16 heavy (non-hydrogen) atoms. The minimum atomic E-state index is -0.255. The Morgan fingerprint density at radius 1 is 1.31 bits per heavy atom. The Kier molecular flexibility index (Phi) is 3.68. The van der Waals surface area contributed by atoms with Gasteiger partial charge in [0.15, 0.2) is 0 Å². The Hall–Kier alpha value is -0.780. The molecule has 0 fully saturated rings. The summed E-state index contributed by atoms with van der Waals surface area (Å²) in [6, 6.07) is 6.22. The van der Waals surface area contributed by atoms with Crippen LogP contribution >= 0.6 is 27.3 Å². The molecule has 0 aliphatic rings. The highest BCUT2D eigenvalue weighted by Crippen LogP contribution is 2.31. The number of rotatable bonds is 3. The number of nitrogens with zero attached hydrogens (tertiary/aromatic N) is 1. The van der Waals surface area contributed by atoms with E-state index in [1.54, 1.807) is 12.1 Å². The Morgan fingerprint density at radius 3 is 2.62 bits per heavy atom. The molecule has 0 saturated carbocycles. The minimum Gasteiger partial charge on any atom is -0.396 e. The highest BCUT2D eigenvalue weighted by atomic mass is 79.9. The lowest BCUT2D eigenvalue weighted by Crippen LogP contribution is -1.86. The van der Waals surface area contributed by atoms with Gasteiger partial charge in [0.2, 0.25) is 0 Å². The molecule has 1 heterocycles. The van der Waals surface area contributed by atoms with E-state index in [1.807, 2.05) is 0 Å². The molecule has 1 N–H and O–H groups in total. The summed E-state index contributed by atoms with van der Waals surface area (Å²) in [5, 5.41) is 9.70. The normalized spacial score (nSPS) is 10.7. The van der Waals surface area contributed by atoms with Crippen LogP contribution in [0.2, 0.25) is 0 Å². The molecular formula is C11H9BrFNOS. The number of thiazole rings is 1. The van der Waals surface area contributed by atoms with Gasteiger partial charge in [0.05, 0.1) is 0 Å². The van der Waals surface area contributed by atoms with E-state index >= 15 is 0 Å². The standard InChI is InChI=1S/C11H9BrFNOS/c12-10-9(5-6-15)16-11(14-10)7-1-3-8(13)4-2-7/h1-4,15H,5-6H2. The summed E-state index contributed by atoms with van der Waals surface area (Å²) in [4.78, 5) is 5.33. The van der Waals surface area contributed by atoms with Crippen molar-refractivity contribution < 1.29 is 9.50 Å². The molecule has 1 aromatic heterocycles. The molecule has 1 aromatic carbocycles. The van der Waals surface area contributed by atoms with Gasteiger partial charge in [-0.05, 0) is 40.2 Å². The second-order valence-corrected chi connectivity index (χ2v) is 5.05. The van der Waals surface area contributed by atoms with Crippen LogP contribution in [0.5, 0.6) is 0 Å². The highest BCUT2D eigenvalue weighted by molar-refractivity contribution is 9.10. The summed E-state index contributed by atoms with van der Waals surface area (Å²) in [7, 11) is 0. The van der Waals surface area contributed by atoms with E-state index in [2.05, 4.69) is 20.9 Å². The number of aromatic nitrogens is 1. The van der Waals surface area contributed by atoms with E-state index in [9.17, 15) is 4.39 Å². The lowest BCUT2D eigenvalue weighted by molar-refractivity contribution is 0.300. The van der Waals surface area contributed by atoms with Crippen LogP contribution in [0.15, 0.2) is 28.9 Å². The molecule has 0 radical (unpaired) electrons. The van der Waals surface area contributed by atoms with Gasteiger partial charge in [0.25, 0.3) is 0 Å². The quantitative estimate of drug-likeness (QED) is 0.944. The van der Waals surface area contributed by atoms with Gasteiger partial charge >= 0.3 is 0 Å². The maximum Gasteiger partial charge on any atom is 0.124 e. The fraction of sp³-hybridized carbons (Fsp3) is 0.182. The topological polar surface area (TPSA) is 33.1 Å². The first-order chi connectivity index (χ1) is 7.70. The van der Waals surface area contributed by atoms with Crippen molar-refractivity contribution >= 4 is 27.3 Å². The van der Waals surface area contributed by atoms with Crippen LogP contribution in [-0.2, 0) is 6.42 Å². The van der Waals surface area contributed by atoms with Crippen LogP contribution in [0, 0.1) is 5.82 Å². The molecule has 2 rings (SSSR count). The number of aliphatic hydroxyl groups is 1. The van der Waals surface area contributed by atoms with E-state index in [1.165, 1.54) is 23.5 Å². The van der Waals surface area contributed by atoms with Gasteiger partial charge in [-0.2, -0.15) is 0 Å². The molecule has 0 unspecified atom stereocenters. The van der Waals surface area contributed by atoms with Crippen molar-refractivity contribution in [2.45, 2.75) is 6.42 Å². The number of hydrogen-bond acceptors (Lipinski definition) is 3. The molecule has 2 aromatic rings. The first-order valence-electron chi connectivity index (χ1n) is 4.72. The molecule has 5 heteroatoms. The Balaban J connectivity index is 2.33. The number of hydrogen-bond donors (Lipinski definition) is 1. The summed E-state index contributed by atoms with van der Waals surface area (Å²) < 4.78 is 13.5. The predicted octanol–water partition coefficient (Wildman–Crippen LogP) is 3.25. The first kappa shape index (κ1) is 11.7. The molecule has 0 saturated heterocycles. The zero-order valence-electron chi connectivity index (χ0n) is 8.28. The summed E-state index contributed by atoms with van der Waals surface area (Å²) in [5.41, 5.74) is 0.885. The van der Waals surface area contributed by atoms with Crippen LogP contribution in [0.3, 0.4) is 0 Å². The van der Waals surface area contributed by atoms with E-state index < -0.39 is 0 Å². The molecular weight excluding hydrogens is 293 g/mol. The largest absolute Gasteiger partial charge is 0.396 e. The fourth-order valence-corrected chi connectivity index (χ4v) is 2.99. The van der Waals surface area contributed by atoms with Crippen LogP contribution in [0.1, 0.15) is 4.88 Å². The zero-order chi connectivity index (χ0) is 11.5. The minimum absolute atomic E-state index is 0.101. The van der Waals surface area contributed by atoms with Gasteiger partial charge in [0.1, 0.15) is 15.4 Å². The SMILES string of the molecule is OCCc1sc(-c2ccc(F)cc2)nc1Br. The Labute approximate surface area is 105 Å². The average Bonchev–Trinajstić information content (AvgIpc) is 2.62. The summed E-state index contributed by atoms with van der Waals surface area (Å²) in [6.45, 7) is 0.101. The lowest BCUT2D eigenvalue weighted by atomic mass is 10.2. The van der Waals surface area contributed by atoms with Gasteiger partial charge < -0.3 is 5.11 Å². The second-order valence-electron chi connectivity index (χ2n) is 3.21. The third-order valence-corrected chi connectivity index (χ3v) is 4.16. The molecule has 0 aliphatic carbocycles. The number of halogens is 2. The predicted molar refractivity (Wildman–Crippen MR) is 66.0 cm³/mol. The van der Waals surface area contributed by atoms with E-state index in [0.717, 1.165) is 20.1 Å². The molecule has 0 spiro atoms. The Bertz CT molecular complexity index is 483. The fourth-order valence-electron chi connectivity index (χ4n) is 1.30. The molecule has 2 nitrogen and oxygen atoms in total. The van der Waals surface area contributed by atoms with Crippen molar-refractivity contribution in [2.24, 2.45) is 0 Å². The van der Waals surface area contributed by atoms with Gasteiger partial charge in [-0.15, -0.1) is 11.3 Å². The van der Waals surface area contributed by atoms with Crippen LogP contribution < -0.4 is 0 Å². The van der Waals surface area contributed by atoms with Crippen LogP contribution in [0.25, 0.3) is 10.6 Å². The number of benzene rings is 1. The molecule has 0 atom stereocenters. The van der Waals surface area contributed by atoms with Crippen LogP contribution in [0.4, 0.5) is 4.39 Å². The van der Waals surface area contributed by atoms with Crippen molar-refractivity contribution in [1.82, 2.24) is 4.98 Å². The third-order valence-electron chi connectivity index (χ3n) is 2.08.